The van der Waals surface area contributed by atoms with Crippen molar-refractivity contribution in [3.8, 4) is 0 Å². The van der Waals surface area contributed by atoms with E-state index in [9.17, 15) is 9.59 Å². The van der Waals surface area contributed by atoms with E-state index in [1.54, 1.807) is 28.2 Å². The lowest BCUT2D eigenvalue weighted by atomic mass is 10.0. The number of carbonyl (C=O) groups excluding carboxylic acids is 2. The molecule has 2 aromatic heterocycles. The first-order valence-electron chi connectivity index (χ1n) is 8.88. The van der Waals surface area contributed by atoms with Crippen LogP contribution in [0.15, 0.2) is 30.7 Å². The van der Waals surface area contributed by atoms with Crippen LogP contribution in [0, 0.1) is 5.92 Å². The average Bonchev–Trinajstić information content (AvgIpc) is 3.07. The van der Waals surface area contributed by atoms with Crippen LogP contribution < -0.4 is 5.32 Å². The van der Waals surface area contributed by atoms with E-state index < -0.39 is 0 Å². The van der Waals surface area contributed by atoms with Gasteiger partial charge in [0.25, 0.3) is 0 Å². The van der Waals surface area contributed by atoms with Crippen molar-refractivity contribution in [2.24, 2.45) is 5.92 Å². The van der Waals surface area contributed by atoms with Gasteiger partial charge in [-0.1, -0.05) is 25.1 Å². The van der Waals surface area contributed by atoms with Crippen LogP contribution in [0.5, 0.6) is 0 Å². The maximum Gasteiger partial charge on any atom is 0.248 e. The van der Waals surface area contributed by atoms with Crippen molar-refractivity contribution >= 4 is 11.8 Å². The highest BCUT2D eigenvalue weighted by Crippen LogP contribution is 2.26. The van der Waals surface area contributed by atoms with Crippen LogP contribution in [0.4, 0.5) is 0 Å². The van der Waals surface area contributed by atoms with Crippen molar-refractivity contribution in [2.75, 3.05) is 13.1 Å². The molecule has 1 atom stereocenters. The first kappa shape index (κ1) is 18.0. The number of rotatable bonds is 7. The van der Waals surface area contributed by atoms with Crippen LogP contribution in [0.3, 0.4) is 0 Å². The van der Waals surface area contributed by atoms with E-state index >= 15 is 0 Å². The predicted octanol–water partition coefficient (Wildman–Crippen LogP) is 0.961. The highest BCUT2D eigenvalue weighted by molar-refractivity contribution is 5.87. The highest BCUT2D eigenvalue weighted by Gasteiger charge is 2.35. The number of fused-ring (bicyclic) bond motifs is 1. The molecule has 8 heteroatoms. The Morgan fingerprint density at radius 2 is 2.23 bits per heavy atom. The molecule has 8 nitrogen and oxygen atoms in total. The first-order chi connectivity index (χ1) is 12.5. The van der Waals surface area contributed by atoms with Gasteiger partial charge in [-0.2, -0.15) is 0 Å². The number of carbonyl (C=O) groups is 2. The van der Waals surface area contributed by atoms with Crippen molar-refractivity contribution in [1.82, 2.24) is 30.2 Å². The van der Waals surface area contributed by atoms with Crippen LogP contribution in [0.25, 0.3) is 0 Å². The molecule has 0 aromatic carbocycles. The van der Waals surface area contributed by atoms with Gasteiger partial charge in [-0.15, -0.1) is 5.10 Å². The molecule has 0 fully saturated rings. The van der Waals surface area contributed by atoms with E-state index in [1.807, 2.05) is 12.1 Å². The lowest BCUT2D eigenvalue weighted by molar-refractivity contribution is -0.142. The fourth-order valence-corrected chi connectivity index (χ4v) is 3.13. The molecule has 0 aliphatic carbocycles. The summed E-state index contributed by atoms with van der Waals surface area (Å²) in [6.45, 7) is 5.05. The van der Waals surface area contributed by atoms with E-state index in [1.165, 1.54) is 0 Å². The summed E-state index contributed by atoms with van der Waals surface area (Å²) in [7, 11) is 0. The molecule has 0 radical (unpaired) electrons. The minimum Gasteiger partial charge on any atom is -0.354 e. The summed E-state index contributed by atoms with van der Waals surface area (Å²) >= 11 is 0. The lowest BCUT2D eigenvalue weighted by Gasteiger charge is -2.33. The summed E-state index contributed by atoms with van der Waals surface area (Å²) in [6.07, 6.45) is 6.55. The molecule has 0 bridgehead atoms. The van der Waals surface area contributed by atoms with Gasteiger partial charge >= 0.3 is 0 Å². The van der Waals surface area contributed by atoms with Gasteiger partial charge in [0.15, 0.2) is 0 Å². The fraction of sp³-hybridized carbons (Fsp3) is 0.500. The molecule has 1 aliphatic rings. The van der Waals surface area contributed by atoms with Crippen LogP contribution >= 0.6 is 0 Å². The van der Waals surface area contributed by atoms with Gasteiger partial charge in [-0.05, 0) is 30.4 Å². The Morgan fingerprint density at radius 3 is 2.96 bits per heavy atom. The van der Waals surface area contributed by atoms with E-state index in [4.69, 9.17) is 0 Å². The average molecular weight is 356 g/mol. The van der Waals surface area contributed by atoms with E-state index in [0.29, 0.717) is 31.8 Å². The standard InChI is InChI=1S/C18H24N6O2/c1-13(2)8-16-18(26)23(11-15-10-21-22-24(15)16)12-17(25)20-7-5-14-4-3-6-19-9-14/h3-4,6,9-10,13,16H,5,7-8,11-12H2,1-2H3,(H,20,25)/t16-/m0/s1. The van der Waals surface area contributed by atoms with Gasteiger partial charge in [0.05, 0.1) is 25.0 Å². The molecular weight excluding hydrogens is 332 g/mol. The summed E-state index contributed by atoms with van der Waals surface area (Å²) in [4.78, 5) is 30.7. The molecule has 2 aromatic rings. The van der Waals surface area contributed by atoms with Crippen LogP contribution in [0.1, 0.15) is 37.6 Å². The minimum atomic E-state index is -0.385. The number of pyridine rings is 1. The van der Waals surface area contributed by atoms with Gasteiger partial charge in [0, 0.05) is 18.9 Å². The molecule has 2 amide bonds. The smallest absolute Gasteiger partial charge is 0.248 e. The van der Waals surface area contributed by atoms with Crippen molar-refractivity contribution in [3.05, 3.63) is 42.0 Å². The maximum atomic E-state index is 12.8. The number of nitrogens with zero attached hydrogens (tertiary/aromatic N) is 5. The number of nitrogens with one attached hydrogen (secondary N) is 1. The van der Waals surface area contributed by atoms with Crippen LogP contribution in [-0.4, -0.2) is 49.8 Å². The first-order valence-corrected chi connectivity index (χ1v) is 8.88. The summed E-state index contributed by atoms with van der Waals surface area (Å²) in [5, 5.41) is 10.8. The van der Waals surface area contributed by atoms with Gasteiger partial charge in [0.2, 0.25) is 11.8 Å². The Morgan fingerprint density at radius 1 is 1.38 bits per heavy atom. The quantitative estimate of drug-likeness (QED) is 0.798. The molecule has 138 valence electrons. The Kier molecular flexibility index (Phi) is 5.60. The SMILES string of the molecule is CC(C)C[C@H]1C(=O)N(CC(=O)NCCc2cccnc2)Cc2cnnn21. The molecule has 3 heterocycles. The Hall–Kier alpha value is -2.77. The number of hydrogen-bond acceptors (Lipinski definition) is 5. The van der Waals surface area contributed by atoms with Crippen LogP contribution in [-0.2, 0) is 22.6 Å². The second-order valence-corrected chi connectivity index (χ2v) is 6.97. The van der Waals surface area contributed by atoms with Gasteiger partial charge < -0.3 is 10.2 Å². The minimum absolute atomic E-state index is 0.0473. The Balaban J connectivity index is 1.57. The molecule has 1 aliphatic heterocycles. The van der Waals surface area contributed by atoms with E-state index in [-0.39, 0.29) is 24.4 Å². The van der Waals surface area contributed by atoms with Crippen molar-refractivity contribution in [2.45, 2.75) is 39.3 Å². The zero-order chi connectivity index (χ0) is 18.5. The third kappa shape index (κ3) is 4.25. The molecular formula is C18H24N6O2. The second-order valence-electron chi connectivity index (χ2n) is 6.97. The predicted molar refractivity (Wildman–Crippen MR) is 94.9 cm³/mol. The summed E-state index contributed by atoms with van der Waals surface area (Å²) in [5.41, 5.74) is 1.92. The van der Waals surface area contributed by atoms with Crippen molar-refractivity contribution in [3.63, 3.8) is 0 Å². The molecule has 0 spiro atoms. The molecule has 0 unspecified atom stereocenters. The fourth-order valence-electron chi connectivity index (χ4n) is 3.13. The molecule has 26 heavy (non-hydrogen) atoms. The third-order valence-corrected chi connectivity index (χ3v) is 4.38. The second kappa shape index (κ2) is 8.07. The number of amides is 2. The topological polar surface area (TPSA) is 93.0 Å². The monoisotopic (exact) mass is 356 g/mol. The summed E-state index contributed by atoms with van der Waals surface area (Å²) < 4.78 is 1.69. The Bertz CT molecular complexity index is 758. The van der Waals surface area contributed by atoms with Gasteiger partial charge in [-0.3, -0.25) is 14.6 Å². The highest BCUT2D eigenvalue weighted by atomic mass is 16.2. The van der Waals surface area contributed by atoms with Crippen molar-refractivity contribution < 1.29 is 9.59 Å². The molecule has 3 rings (SSSR count). The maximum absolute atomic E-state index is 12.8. The number of hydrogen-bond donors (Lipinski definition) is 1. The summed E-state index contributed by atoms with van der Waals surface area (Å²) in [5.74, 6) is 0.111. The van der Waals surface area contributed by atoms with Gasteiger partial charge in [-0.25, -0.2) is 4.68 Å². The summed E-state index contributed by atoms with van der Waals surface area (Å²) in [6, 6.07) is 3.46. The number of aromatic nitrogens is 4. The normalized spacial score (nSPS) is 16.7. The Labute approximate surface area is 152 Å². The molecule has 0 saturated carbocycles. The van der Waals surface area contributed by atoms with E-state index in [0.717, 1.165) is 11.3 Å². The largest absolute Gasteiger partial charge is 0.354 e. The van der Waals surface area contributed by atoms with Gasteiger partial charge in [0.1, 0.15) is 6.04 Å². The molecule has 1 N–H and O–H groups in total. The van der Waals surface area contributed by atoms with Crippen molar-refractivity contribution in [1.29, 1.82) is 0 Å². The zero-order valence-corrected chi connectivity index (χ0v) is 15.1. The van der Waals surface area contributed by atoms with Crippen LogP contribution in [0.2, 0.25) is 0 Å². The molecule has 0 saturated heterocycles. The third-order valence-electron chi connectivity index (χ3n) is 4.38. The zero-order valence-electron chi connectivity index (χ0n) is 15.1. The van der Waals surface area contributed by atoms with E-state index in [2.05, 4.69) is 34.5 Å². The lowest BCUT2D eigenvalue weighted by Crippen LogP contribution is -2.47.